The van der Waals surface area contributed by atoms with Gasteiger partial charge in [0.1, 0.15) is 11.3 Å². The van der Waals surface area contributed by atoms with Gasteiger partial charge in [-0.2, -0.15) is 0 Å². The van der Waals surface area contributed by atoms with Crippen LogP contribution in [0.25, 0.3) is 0 Å². The van der Waals surface area contributed by atoms with Crippen LogP contribution in [-0.4, -0.2) is 49.2 Å². The molecule has 0 aliphatic rings. The molecule has 2 aromatic rings. The zero-order chi connectivity index (χ0) is 21.2. The topological polar surface area (TPSA) is 196 Å². The Morgan fingerprint density at radius 2 is 1.18 bits per heavy atom. The molecule has 28 heavy (non-hydrogen) atoms. The predicted molar refractivity (Wildman–Crippen MR) is 90.8 cm³/mol. The molecule has 1 atom stereocenters. The van der Waals surface area contributed by atoms with Crippen LogP contribution in [-0.2, 0) is 4.57 Å². The first-order valence-corrected chi connectivity index (χ1v) is 8.76. The van der Waals surface area contributed by atoms with E-state index in [0.717, 1.165) is 24.3 Å². The van der Waals surface area contributed by atoms with Crippen LogP contribution in [0.4, 0.5) is 0 Å². The van der Waals surface area contributed by atoms with Crippen molar-refractivity contribution in [1.82, 2.24) is 0 Å². The minimum Gasteiger partial charge on any atom is -0.478 e. The van der Waals surface area contributed by atoms with E-state index in [2.05, 4.69) is 0 Å². The highest BCUT2D eigenvalue weighted by Gasteiger charge is 2.33. The smallest absolute Gasteiger partial charge is 0.409 e. The molecular weight excluding hydrogens is 399 g/mol. The molecule has 0 amide bonds. The molecule has 1 unspecified atom stereocenters. The zero-order valence-electron chi connectivity index (χ0n) is 13.6. The quantitative estimate of drug-likeness (QED) is 0.413. The summed E-state index contributed by atoms with van der Waals surface area (Å²) in [5.74, 6) is -7.08. The third kappa shape index (κ3) is 4.17. The monoisotopic (exact) mass is 410 g/mol. The molecule has 146 valence electrons. The third-order valence-corrected chi connectivity index (χ3v) is 4.88. The van der Waals surface area contributed by atoms with Gasteiger partial charge in [0.25, 0.3) is 0 Å². The Hall–Kier alpha value is -3.69. The number of carboxylic acids is 4. The highest BCUT2D eigenvalue weighted by molar-refractivity contribution is 7.61. The lowest BCUT2D eigenvalue weighted by molar-refractivity contribution is 0.0679. The van der Waals surface area contributed by atoms with Gasteiger partial charge in [0.05, 0.1) is 22.0 Å². The van der Waals surface area contributed by atoms with Crippen LogP contribution in [0.1, 0.15) is 41.4 Å². The Labute approximate surface area is 155 Å². The second-order valence-corrected chi connectivity index (χ2v) is 6.98. The van der Waals surface area contributed by atoms with Gasteiger partial charge < -0.3 is 29.8 Å². The van der Waals surface area contributed by atoms with Gasteiger partial charge in [-0.05, 0) is 36.4 Å². The van der Waals surface area contributed by atoms with E-state index >= 15 is 0 Å². The van der Waals surface area contributed by atoms with Crippen LogP contribution < -0.4 is 9.83 Å². The van der Waals surface area contributed by atoms with E-state index in [-0.39, 0.29) is 0 Å². The summed E-state index contributed by atoms with van der Waals surface area (Å²) in [6, 6.07) is 4.70. The van der Waals surface area contributed by atoms with Crippen LogP contribution in [0.2, 0.25) is 0 Å². The fourth-order valence-corrected chi connectivity index (χ4v) is 3.46. The van der Waals surface area contributed by atoms with Gasteiger partial charge in [-0.1, -0.05) is 0 Å². The molecule has 12 heteroatoms. The number of benzene rings is 2. The molecule has 2 aromatic carbocycles. The van der Waals surface area contributed by atoms with Gasteiger partial charge in [-0.25, -0.2) is 23.7 Å². The fraction of sp³-hybridized carbons (Fsp3) is 0. The molecule has 0 spiro atoms. The Balaban J connectivity index is 2.65. The van der Waals surface area contributed by atoms with Crippen molar-refractivity contribution in [3.63, 3.8) is 0 Å². The van der Waals surface area contributed by atoms with E-state index < -0.39 is 64.8 Å². The van der Waals surface area contributed by atoms with E-state index in [4.69, 9.17) is 19.8 Å². The molecule has 0 aliphatic heterocycles. The number of carboxylic acid groups (broad SMARTS) is 4. The molecule has 0 saturated heterocycles. The van der Waals surface area contributed by atoms with E-state index in [9.17, 15) is 33.7 Å². The third-order valence-electron chi connectivity index (χ3n) is 3.46. The van der Waals surface area contributed by atoms with Gasteiger partial charge in [0.2, 0.25) is 0 Å². The lowest BCUT2D eigenvalue weighted by Crippen LogP contribution is -2.21. The van der Waals surface area contributed by atoms with Crippen molar-refractivity contribution in [3.8, 4) is 5.75 Å². The average molecular weight is 410 g/mol. The van der Waals surface area contributed by atoms with Crippen molar-refractivity contribution >= 4 is 36.8 Å². The van der Waals surface area contributed by atoms with Gasteiger partial charge in [0.15, 0.2) is 0 Å². The first kappa shape index (κ1) is 20.6. The Morgan fingerprint density at radius 3 is 1.64 bits per heavy atom. The normalized spacial score (nSPS) is 12.6. The predicted octanol–water partition coefficient (Wildman–Crippen LogP) is 1.37. The summed E-state index contributed by atoms with van der Waals surface area (Å²) >= 11 is 0. The van der Waals surface area contributed by atoms with Crippen molar-refractivity contribution < 1.29 is 53.6 Å². The van der Waals surface area contributed by atoms with Crippen molar-refractivity contribution in [1.29, 1.82) is 0 Å². The van der Waals surface area contributed by atoms with Crippen molar-refractivity contribution in [2.24, 2.45) is 0 Å². The SMILES string of the molecule is O=C(O)c1ccc(C(=O)O)c(OP(=O)(O)c2cc(C(=O)O)ccc2C(=O)O)c1. The fourth-order valence-electron chi connectivity index (χ4n) is 2.17. The van der Waals surface area contributed by atoms with E-state index in [1.807, 2.05) is 0 Å². The maximum atomic E-state index is 12.7. The molecule has 11 nitrogen and oxygen atoms in total. The molecule has 0 bridgehead atoms. The van der Waals surface area contributed by atoms with E-state index in [1.165, 1.54) is 0 Å². The van der Waals surface area contributed by atoms with Crippen molar-refractivity contribution in [2.75, 3.05) is 0 Å². The minimum absolute atomic E-state index is 0.460. The first-order valence-electron chi connectivity index (χ1n) is 7.18. The Morgan fingerprint density at radius 1 is 0.714 bits per heavy atom. The van der Waals surface area contributed by atoms with E-state index in [1.54, 1.807) is 0 Å². The number of hydrogen-bond donors (Lipinski definition) is 5. The number of rotatable bonds is 7. The van der Waals surface area contributed by atoms with Crippen molar-refractivity contribution in [2.45, 2.75) is 0 Å². The van der Waals surface area contributed by atoms with Gasteiger partial charge in [0, 0.05) is 0 Å². The first-order chi connectivity index (χ1) is 12.9. The average Bonchev–Trinajstić information content (AvgIpc) is 2.60. The molecule has 0 heterocycles. The number of carbonyl (C=O) groups is 4. The van der Waals surface area contributed by atoms with Gasteiger partial charge in [-0.3, -0.25) is 0 Å². The second-order valence-electron chi connectivity index (χ2n) is 5.28. The minimum atomic E-state index is -5.14. The maximum Gasteiger partial charge on any atom is 0.409 e. The Kier molecular flexibility index (Phi) is 5.53. The zero-order valence-corrected chi connectivity index (χ0v) is 14.5. The van der Waals surface area contributed by atoms with E-state index in [0.29, 0.717) is 12.1 Å². The Bertz CT molecular complexity index is 1060. The van der Waals surface area contributed by atoms with Crippen LogP contribution in [0.5, 0.6) is 5.75 Å². The highest BCUT2D eigenvalue weighted by atomic mass is 31.2. The molecule has 0 radical (unpaired) electrons. The van der Waals surface area contributed by atoms with Crippen LogP contribution >= 0.6 is 7.60 Å². The maximum absolute atomic E-state index is 12.7. The largest absolute Gasteiger partial charge is 0.478 e. The molecule has 5 N–H and O–H groups in total. The standard InChI is InChI=1S/C16H11O11P/c17-13(18)7-1-3-9(15(21)22)11(5-7)27-28(25,26)12-6-8(14(19)20)2-4-10(12)16(23)24/h1-6H,(H,17,18)(H,19,20)(H,21,22)(H,23,24)(H,25,26). The summed E-state index contributed by atoms with van der Waals surface area (Å²) in [7, 11) is -5.14. The lowest BCUT2D eigenvalue weighted by Gasteiger charge is -2.17. The van der Waals surface area contributed by atoms with Crippen LogP contribution in [0, 0.1) is 0 Å². The highest BCUT2D eigenvalue weighted by Crippen LogP contribution is 2.44. The molecule has 0 saturated carbocycles. The molecular formula is C16H11O11P. The summed E-state index contributed by atoms with van der Waals surface area (Å²) < 4.78 is 17.5. The lowest BCUT2D eigenvalue weighted by atomic mass is 10.1. The van der Waals surface area contributed by atoms with Crippen LogP contribution in [0.15, 0.2) is 36.4 Å². The van der Waals surface area contributed by atoms with Crippen molar-refractivity contribution in [3.05, 3.63) is 58.7 Å². The summed E-state index contributed by atoms with van der Waals surface area (Å²) in [5.41, 5.74) is -2.39. The summed E-state index contributed by atoms with van der Waals surface area (Å²) in [6.07, 6.45) is 0. The van der Waals surface area contributed by atoms with Crippen LogP contribution in [0.3, 0.4) is 0 Å². The van der Waals surface area contributed by atoms with Gasteiger partial charge >= 0.3 is 31.5 Å². The molecule has 0 aliphatic carbocycles. The summed E-state index contributed by atoms with van der Waals surface area (Å²) in [4.78, 5) is 55.0. The second kappa shape index (κ2) is 7.51. The van der Waals surface area contributed by atoms with Gasteiger partial charge in [-0.15, -0.1) is 0 Å². The number of aromatic carboxylic acids is 4. The summed E-state index contributed by atoms with van der Waals surface area (Å²) in [5, 5.41) is 35.4. The molecule has 2 rings (SSSR count). The number of hydrogen-bond acceptors (Lipinski definition) is 6. The molecule has 0 aromatic heterocycles. The summed E-state index contributed by atoms with van der Waals surface area (Å²) in [6.45, 7) is 0. The molecule has 0 fully saturated rings.